The minimum Gasteiger partial charge on any atom is -0.423 e. The van der Waals surface area contributed by atoms with Crippen molar-refractivity contribution in [1.29, 1.82) is 0 Å². The van der Waals surface area contributed by atoms with E-state index in [9.17, 15) is 9.59 Å². The highest BCUT2D eigenvalue weighted by Gasteiger charge is 2.58. The molecule has 4 aliphatic rings. The van der Waals surface area contributed by atoms with Crippen molar-refractivity contribution in [2.75, 3.05) is 0 Å². The Kier molecular flexibility index (Phi) is 11.8. The highest BCUT2D eigenvalue weighted by atomic mass is 16.5. The van der Waals surface area contributed by atoms with Gasteiger partial charge in [-0.25, -0.2) is 4.79 Å². The molecule has 1 aromatic rings. The molecule has 0 bridgehead atoms. The van der Waals surface area contributed by atoms with Crippen molar-refractivity contribution in [3.05, 3.63) is 54.1 Å². The van der Waals surface area contributed by atoms with Crippen LogP contribution in [0.1, 0.15) is 131 Å². The molecular formula is C41H62O3. The van der Waals surface area contributed by atoms with E-state index >= 15 is 0 Å². The lowest BCUT2D eigenvalue weighted by molar-refractivity contribution is -0.129. The van der Waals surface area contributed by atoms with Gasteiger partial charge in [-0.2, -0.15) is 0 Å². The first-order valence-electron chi connectivity index (χ1n) is 18.0. The van der Waals surface area contributed by atoms with Gasteiger partial charge in [-0.05, 0) is 135 Å². The summed E-state index contributed by atoms with van der Waals surface area (Å²) < 4.78 is 4.92. The normalized spacial score (nSPS) is 33.1. The first-order valence-corrected chi connectivity index (χ1v) is 18.0. The van der Waals surface area contributed by atoms with Crippen LogP contribution in [0.4, 0.5) is 0 Å². The Bertz CT molecular complexity index is 1160. The van der Waals surface area contributed by atoms with Crippen molar-refractivity contribution in [1.82, 2.24) is 0 Å². The van der Waals surface area contributed by atoms with Crippen LogP contribution >= 0.6 is 0 Å². The van der Waals surface area contributed by atoms with Crippen LogP contribution in [0, 0.1) is 52.3 Å². The summed E-state index contributed by atoms with van der Waals surface area (Å²) in [5.41, 5.74) is 4.11. The van der Waals surface area contributed by atoms with Gasteiger partial charge in [0.05, 0.1) is 0 Å². The lowest BCUT2D eigenvalue weighted by Crippen LogP contribution is -2.50. The summed E-state index contributed by atoms with van der Waals surface area (Å²) in [5.74, 6) is 6.90. The number of hydrogen-bond acceptors (Lipinski definition) is 3. The largest absolute Gasteiger partial charge is 0.423 e. The third-order valence-corrected chi connectivity index (χ3v) is 12.6. The van der Waals surface area contributed by atoms with Gasteiger partial charge in [0.2, 0.25) is 0 Å². The Balaban J connectivity index is 0.000000236. The number of hydrogen-bond donors (Lipinski definition) is 0. The molecule has 0 aromatic heterocycles. The van der Waals surface area contributed by atoms with Crippen LogP contribution in [-0.4, -0.2) is 11.8 Å². The molecule has 0 spiro atoms. The van der Waals surface area contributed by atoms with E-state index < -0.39 is 5.97 Å². The lowest BCUT2D eigenvalue weighted by Gasteiger charge is -2.58. The summed E-state index contributed by atoms with van der Waals surface area (Å²) in [4.78, 5) is 21.7. The number of ketones is 1. The van der Waals surface area contributed by atoms with Crippen LogP contribution in [0.25, 0.3) is 0 Å². The average Bonchev–Trinajstić information content (AvgIpc) is 3.34. The van der Waals surface area contributed by atoms with Crippen molar-refractivity contribution >= 4 is 11.8 Å². The third kappa shape index (κ3) is 7.97. The maximum Gasteiger partial charge on any atom is 0.335 e. The fourth-order valence-corrected chi connectivity index (χ4v) is 10.1. The molecule has 0 heterocycles. The quantitative estimate of drug-likeness (QED) is 0.116. The minimum absolute atomic E-state index is 0.169. The van der Waals surface area contributed by atoms with Crippen molar-refractivity contribution in [2.45, 2.75) is 132 Å². The van der Waals surface area contributed by atoms with Gasteiger partial charge in [-0.1, -0.05) is 91.2 Å². The number of rotatable bonds is 10. The van der Waals surface area contributed by atoms with Crippen LogP contribution in [0.15, 0.2) is 48.6 Å². The number of carbonyl (C=O) groups is 2. The Morgan fingerprint density at radius 2 is 1.73 bits per heavy atom. The Labute approximate surface area is 269 Å². The monoisotopic (exact) mass is 602 g/mol. The van der Waals surface area contributed by atoms with Gasteiger partial charge in [0.15, 0.2) is 0 Å². The van der Waals surface area contributed by atoms with E-state index in [1.165, 1.54) is 70.6 Å². The number of esters is 1. The molecule has 3 saturated carbocycles. The Morgan fingerprint density at radius 1 is 1.00 bits per heavy atom. The van der Waals surface area contributed by atoms with Crippen molar-refractivity contribution < 1.29 is 14.3 Å². The SMILES string of the molecule is C=CC(=O)Oc1ccc(CCC(C)=O)cc1.CC(C)CCCC(C)C1CCC2C3CC=C4CC(C)CCC4(C)C3CCC12C. The number of ether oxygens (including phenoxy) is 1. The molecule has 8 atom stereocenters. The highest BCUT2D eigenvalue weighted by molar-refractivity contribution is 5.83. The van der Waals surface area contributed by atoms with Crippen LogP contribution < -0.4 is 4.74 Å². The second-order valence-electron chi connectivity index (χ2n) is 16.1. The summed E-state index contributed by atoms with van der Waals surface area (Å²) >= 11 is 0. The van der Waals surface area contributed by atoms with E-state index in [0.29, 0.717) is 29.4 Å². The Hall–Kier alpha value is -2.16. The molecule has 4 aliphatic carbocycles. The lowest BCUT2D eigenvalue weighted by atomic mass is 9.46. The number of allylic oxidation sites excluding steroid dienone is 2. The fraction of sp³-hybridized carbons (Fsp3) is 0.707. The molecule has 44 heavy (non-hydrogen) atoms. The van der Waals surface area contributed by atoms with Crippen LogP contribution in [0.3, 0.4) is 0 Å². The predicted molar refractivity (Wildman–Crippen MR) is 183 cm³/mol. The van der Waals surface area contributed by atoms with Gasteiger partial charge in [-0.3, -0.25) is 0 Å². The van der Waals surface area contributed by atoms with Gasteiger partial charge in [0, 0.05) is 12.5 Å². The molecular weight excluding hydrogens is 540 g/mol. The second kappa shape index (κ2) is 15.0. The molecule has 0 saturated heterocycles. The first kappa shape index (κ1) is 34.7. The van der Waals surface area contributed by atoms with Gasteiger partial charge in [0.1, 0.15) is 11.5 Å². The number of aryl methyl sites for hydroxylation is 1. The van der Waals surface area contributed by atoms with Crippen LogP contribution in [0.5, 0.6) is 5.75 Å². The first-order chi connectivity index (χ1) is 20.9. The number of benzene rings is 1. The summed E-state index contributed by atoms with van der Waals surface area (Å²) in [6, 6.07) is 7.09. The van der Waals surface area contributed by atoms with Gasteiger partial charge >= 0.3 is 5.97 Å². The topological polar surface area (TPSA) is 43.4 Å². The van der Waals surface area contributed by atoms with E-state index in [2.05, 4.69) is 54.2 Å². The molecule has 5 rings (SSSR count). The molecule has 3 fully saturated rings. The summed E-state index contributed by atoms with van der Waals surface area (Å²) in [6.45, 7) is 20.1. The van der Waals surface area contributed by atoms with E-state index in [4.69, 9.17) is 4.74 Å². The van der Waals surface area contributed by atoms with E-state index in [-0.39, 0.29) is 5.78 Å². The van der Waals surface area contributed by atoms with Gasteiger partial charge < -0.3 is 9.53 Å². The summed E-state index contributed by atoms with van der Waals surface area (Å²) in [7, 11) is 0. The molecule has 1 aromatic carbocycles. The minimum atomic E-state index is -0.475. The highest BCUT2D eigenvalue weighted by Crippen LogP contribution is 2.67. The molecule has 0 radical (unpaired) electrons. The predicted octanol–water partition coefficient (Wildman–Crippen LogP) is 11.0. The molecule has 244 valence electrons. The summed E-state index contributed by atoms with van der Waals surface area (Å²) in [5, 5.41) is 0. The molecule has 0 amide bonds. The number of Topliss-reactive ketones (excluding diaryl/α,β-unsaturated/α-hetero) is 1. The van der Waals surface area contributed by atoms with Gasteiger partial charge in [0.25, 0.3) is 0 Å². The number of carbonyl (C=O) groups excluding carboxylic acids is 2. The third-order valence-electron chi connectivity index (χ3n) is 12.6. The molecule has 3 heteroatoms. The smallest absolute Gasteiger partial charge is 0.335 e. The zero-order valence-corrected chi connectivity index (χ0v) is 29.1. The van der Waals surface area contributed by atoms with Crippen molar-refractivity contribution in [3.8, 4) is 5.75 Å². The molecule has 8 unspecified atom stereocenters. The zero-order valence-electron chi connectivity index (χ0n) is 29.1. The maximum absolute atomic E-state index is 10.9. The average molecular weight is 603 g/mol. The summed E-state index contributed by atoms with van der Waals surface area (Å²) in [6.07, 6.45) is 21.3. The van der Waals surface area contributed by atoms with Crippen LogP contribution in [0.2, 0.25) is 0 Å². The maximum atomic E-state index is 10.9. The van der Waals surface area contributed by atoms with E-state index in [1.807, 2.05) is 17.7 Å². The van der Waals surface area contributed by atoms with Gasteiger partial charge in [-0.15, -0.1) is 0 Å². The van der Waals surface area contributed by atoms with Crippen LogP contribution in [-0.2, 0) is 16.0 Å². The fourth-order valence-electron chi connectivity index (χ4n) is 10.1. The Morgan fingerprint density at radius 3 is 2.39 bits per heavy atom. The standard InChI is InChI=1S/C28H48.C13H14O3/c1-19(2)8-7-9-21(4)24-12-13-25-23-11-10-22-18-20(3)14-16-27(22,5)26(23)15-17-28(24,25)6;1-3-13(15)16-12-8-6-11(7-9-12)5-4-10(2)14/h10,19-21,23-26H,7-9,11-18H2,1-6H3;3,6-9H,1,4-5H2,2H3. The van der Waals surface area contributed by atoms with Crippen molar-refractivity contribution in [2.24, 2.45) is 52.3 Å². The number of fused-ring (bicyclic) bond motifs is 5. The molecule has 3 nitrogen and oxygen atoms in total. The van der Waals surface area contributed by atoms with E-state index in [0.717, 1.165) is 53.1 Å². The zero-order chi connectivity index (χ0) is 32.1. The second-order valence-corrected chi connectivity index (χ2v) is 16.1. The molecule has 0 N–H and O–H groups in total. The van der Waals surface area contributed by atoms with E-state index in [1.54, 1.807) is 19.1 Å². The molecule has 0 aliphatic heterocycles. The van der Waals surface area contributed by atoms with Crippen molar-refractivity contribution in [3.63, 3.8) is 0 Å².